The Kier molecular flexibility index (Phi) is 4.96. The van der Waals surface area contributed by atoms with Gasteiger partial charge < -0.3 is 5.73 Å². The Bertz CT molecular complexity index is 581. The molecule has 1 fully saturated rings. The van der Waals surface area contributed by atoms with Crippen molar-refractivity contribution in [1.29, 1.82) is 0 Å². The molecule has 1 aliphatic carbocycles. The molecular formula is C13H21BrN2O2S2. The van der Waals surface area contributed by atoms with Crippen LogP contribution in [-0.2, 0) is 16.6 Å². The van der Waals surface area contributed by atoms with Crippen molar-refractivity contribution in [2.45, 2.75) is 57.0 Å². The minimum atomic E-state index is -3.49. The molecule has 1 unspecified atom stereocenters. The summed E-state index contributed by atoms with van der Waals surface area (Å²) in [7, 11) is -3.49. The predicted octanol–water partition coefficient (Wildman–Crippen LogP) is 3.22. The lowest BCUT2D eigenvalue weighted by Crippen LogP contribution is -2.46. The highest BCUT2D eigenvalue weighted by Crippen LogP contribution is 2.37. The molecule has 2 rings (SSSR count). The summed E-state index contributed by atoms with van der Waals surface area (Å²) in [6, 6.07) is 1.65. The molecule has 3 N–H and O–H groups in total. The maximum absolute atomic E-state index is 12.6. The normalized spacial score (nSPS) is 22.9. The summed E-state index contributed by atoms with van der Waals surface area (Å²) in [5.74, 6) is 0. The predicted molar refractivity (Wildman–Crippen MR) is 86.3 cm³/mol. The maximum Gasteiger partial charge on any atom is 0.242 e. The summed E-state index contributed by atoms with van der Waals surface area (Å²) in [5, 5.41) is 0. The lowest BCUT2D eigenvalue weighted by Gasteiger charge is -2.38. The average molecular weight is 381 g/mol. The number of hydrogen-bond donors (Lipinski definition) is 2. The molecule has 1 aliphatic rings. The zero-order valence-electron chi connectivity index (χ0n) is 11.8. The quantitative estimate of drug-likeness (QED) is 0.841. The van der Waals surface area contributed by atoms with Gasteiger partial charge in [0.2, 0.25) is 10.0 Å². The van der Waals surface area contributed by atoms with Crippen molar-refractivity contribution in [3.8, 4) is 0 Å². The van der Waals surface area contributed by atoms with E-state index in [-0.39, 0.29) is 11.5 Å². The fourth-order valence-electron chi connectivity index (χ4n) is 2.64. The Morgan fingerprint density at radius 3 is 2.75 bits per heavy atom. The third kappa shape index (κ3) is 3.44. The molecule has 0 aromatic carbocycles. The zero-order valence-corrected chi connectivity index (χ0v) is 15.0. The van der Waals surface area contributed by atoms with Crippen LogP contribution in [0.1, 0.15) is 44.4 Å². The van der Waals surface area contributed by atoms with Gasteiger partial charge in [-0.3, -0.25) is 0 Å². The monoisotopic (exact) mass is 380 g/mol. The fraction of sp³-hybridized carbons (Fsp3) is 0.692. The Hall–Kier alpha value is 0.0500. The van der Waals surface area contributed by atoms with E-state index in [1.54, 1.807) is 6.07 Å². The smallest absolute Gasteiger partial charge is 0.242 e. The molecule has 0 spiro atoms. The van der Waals surface area contributed by atoms with Gasteiger partial charge in [-0.15, -0.1) is 11.3 Å². The Balaban J connectivity index is 2.24. The molecule has 1 aromatic heterocycles. The molecular weight excluding hydrogens is 360 g/mol. The number of halogens is 1. The average Bonchev–Trinajstić information content (AvgIpc) is 2.74. The standard InChI is InChI=1S/C13H21BrN2O2S2/c1-13(2)6-4-3-5-11(13)16-20(17,18)10-7-9(8-15)19-12(10)14/h7,11,16H,3-6,8,15H2,1-2H3. The molecule has 1 heterocycles. The number of sulfonamides is 1. The van der Waals surface area contributed by atoms with Gasteiger partial charge in [0.25, 0.3) is 0 Å². The first-order valence-electron chi connectivity index (χ1n) is 6.77. The Morgan fingerprint density at radius 2 is 2.20 bits per heavy atom. The first-order chi connectivity index (χ1) is 9.26. The molecule has 0 radical (unpaired) electrons. The molecule has 20 heavy (non-hydrogen) atoms. The van der Waals surface area contributed by atoms with Crippen LogP contribution in [0.4, 0.5) is 0 Å². The van der Waals surface area contributed by atoms with Crippen LogP contribution in [0.5, 0.6) is 0 Å². The Morgan fingerprint density at radius 1 is 1.50 bits per heavy atom. The minimum absolute atomic E-state index is 0.00448. The summed E-state index contributed by atoms with van der Waals surface area (Å²) < 4.78 is 28.6. The van der Waals surface area contributed by atoms with Crippen LogP contribution in [0.25, 0.3) is 0 Å². The van der Waals surface area contributed by atoms with Crippen molar-refractivity contribution in [3.05, 3.63) is 14.7 Å². The van der Waals surface area contributed by atoms with Gasteiger partial charge in [0.05, 0.1) is 3.79 Å². The van der Waals surface area contributed by atoms with E-state index in [0.29, 0.717) is 15.2 Å². The van der Waals surface area contributed by atoms with E-state index in [4.69, 9.17) is 5.73 Å². The molecule has 1 saturated carbocycles. The van der Waals surface area contributed by atoms with Crippen LogP contribution in [0.2, 0.25) is 0 Å². The molecule has 0 saturated heterocycles. The number of nitrogens with one attached hydrogen (secondary N) is 1. The lowest BCUT2D eigenvalue weighted by atomic mass is 9.74. The van der Waals surface area contributed by atoms with E-state index >= 15 is 0 Å². The van der Waals surface area contributed by atoms with E-state index in [0.717, 1.165) is 24.1 Å². The van der Waals surface area contributed by atoms with Gasteiger partial charge in [-0.25, -0.2) is 13.1 Å². The largest absolute Gasteiger partial charge is 0.326 e. The van der Waals surface area contributed by atoms with Gasteiger partial charge in [-0.05, 0) is 40.3 Å². The van der Waals surface area contributed by atoms with Crippen LogP contribution in [0.15, 0.2) is 14.7 Å². The molecule has 0 aliphatic heterocycles. The van der Waals surface area contributed by atoms with E-state index < -0.39 is 10.0 Å². The van der Waals surface area contributed by atoms with E-state index in [1.165, 1.54) is 17.8 Å². The number of thiophene rings is 1. The van der Waals surface area contributed by atoms with Gasteiger partial charge in [0.15, 0.2) is 0 Å². The van der Waals surface area contributed by atoms with E-state index in [1.807, 2.05) is 0 Å². The van der Waals surface area contributed by atoms with Crippen LogP contribution in [-0.4, -0.2) is 14.5 Å². The highest BCUT2D eigenvalue weighted by Gasteiger charge is 2.36. The van der Waals surface area contributed by atoms with Gasteiger partial charge >= 0.3 is 0 Å². The van der Waals surface area contributed by atoms with E-state index in [2.05, 4.69) is 34.5 Å². The summed E-state index contributed by atoms with van der Waals surface area (Å²) in [4.78, 5) is 1.17. The topological polar surface area (TPSA) is 72.2 Å². The summed E-state index contributed by atoms with van der Waals surface area (Å²) in [5.41, 5.74) is 5.58. The molecule has 1 aromatic rings. The van der Waals surface area contributed by atoms with Crippen molar-refractivity contribution in [1.82, 2.24) is 4.72 Å². The highest BCUT2D eigenvalue weighted by atomic mass is 79.9. The van der Waals surface area contributed by atoms with Crippen LogP contribution >= 0.6 is 27.3 Å². The van der Waals surface area contributed by atoms with Gasteiger partial charge in [0, 0.05) is 17.5 Å². The van der Waals surface area contributed by atoms with Crippen molar-refractivity contribution >= 4 is 37.3 Å². The molecule has 114 valence electrons. The molecule has 0 bridgehead atoms. The highest BCUT2D eigenvalue weighted by molar-refractivity contribution is 9.11. The summed E-state index contributed by atoms with van der Waals surface area (Å²) in [6.45, 7) is 4.62. The third-order valence-electron chi connectivity index (χ3n) is 4.00. The lowest BCUT2D eigenvalue weighted by molar-refractivity contribution is 0.188. The second-order valence-electron chi connectivity index (χ2n) is 5.96. The van der Waals surface area contributed by atoms with Crippen molar-refractivity contribution in [2.75, 3.05) is 0 Å². The number of rotatable bonds is 4. The van der Waals surface area contributed by atoms with E-state index in [9.17, 15) is 8.42 Å². The molecule has 7 heteroatoms. The fourth-order valence-corrected chi connectivity index (χ4v) is 6.65. The first-order valence-corrected chi connectivity index (χ1v) is 9.86. The second kappa shape index (κ2) is 6.04. The maximum atomic E-state index is 12.6. The molecule has 1 atom stereocenters. The summed E-state index contributed by atoms with van der Waals surface area (Å²) >= 11 is 4.71. The minimum Gasteiger partial charge on any atom is -0.326 e. The number of nitrogens with two attached hydrogens (primary N) is 1. The summed E-state index contributed by atoms with van der Waals surface area (Å²) in [6.07, 6.45) is 4.21. The van der Waals surface area contributed by atoms with Crippen LogP contribution in [0, 0.1) is 5.41 Å². The van der Waals surface area contributed by atoms with Gasteiger partial charge in [0.1, 0.15) is 4.90 Å². The zero-order chi connectivity index (χ0) is 15.0. The number of hydrogen-bond acceptors (Lipinski definition) is 4. The molecule has 0 amide bonds. The van der Waals surface area contributed by atoms with Crippen molar-refractivity contribution in [3.63, 3.8) is 0 Å². The van der Waals surface area contributed by atoms with Gasteiger partial charge in [-0.1, -0.05) is 26.7 Å². The van der Waals surface area contributed by atoms with Crippen molar-refractivity contribution < 1.29 is 8.42 Å². The second-order valence-corrected chi connectivity index (χ2v) is 10.1. The third-order valence-corrected chi connectivity index (χ3v) is 7.75. The Labute approximate surface area is 133 Å². The van der Waals surface area contributed by atoms with Crippen LogP contribution < -0.4 is 10.5 Å². The van der Waals surface area contributed by atoms with Crippen molar-refractivity contribution in [2.24, 2.45) is 11.1 Å². The van der Waals surface area contributed by atoms with Gasteiger partial charge in [-0.2, -0.15) is 0 Å². The van der Waals surface area contributed by atoms with Crippen LogP contribution in [0.3, 0.4) is 0 Å². The first kappa shape index (κ1) is 16.4. The molecule has 4 nitrogen and oxygen atoms in total. The SMILES string of the molecule is CC1(C)CCCCC1NS(=O)(=O)c1cc(CN)sc1Br.